The number of thiazole rings is 1. The van der Waals surface area contributed by atoms with Crippen molar-refractivity contribution < 1.29 is 4.74 Å². The van der Waals surface area contributed by atoms with Gasteiger partial charge in [-0.15, -0.1) is 35.3 Å². The summed E-state index contributed by atoms with van der Waals surface area (Å²) in [4.78, 5) is 11.5. The molecule has 172 valence electrons. The fourth-order valence-electron chi connectivity index (χ4n) is 3.90. The number of hydrogen-bond donors (Lipinski definition) is 2. The first-order chi connectivity index (χ1) is 14.7. The quantitative estimate of drug-likeness (QED) is 0.196. The van der Waals surface area contributed by atoms with Gasteiger partial charge in [0.15, 0.2) is 5.96 Å². The van der Waals surface area contributed by atoms with Crippen molar-refractivity contribution >= 4 is 41.3 Å². The minimum absolute atomic E-state index is 0. The van der Waals surface area contributed by atoms with Crippen molar-refractivity contribution in [2.75, 3.05) is 40.3 Å². The van der Waals surface area contributed by atoms with Crippen LogP contribution in [0.5, 0.6) is 5.75 Å². The van der Waals surface area contributed by atoms with Gasteiger partial charge in [-0.25, -0.2) is 4.98 Å². The van der Waals surface area contributed by atoms with E-state index in [2.05, 4.69) is 56.0 Å². The maximum atomic E-state index is 5.45. The SMILES string of the molecule is CN=C(NCCCCc1nc(C)cs1)NCC(c1cccc(OC)c1)N1CCCC1.I. The Hall–Kier alpha value is -1.39. The van der Waals surface area contributed by atoms with Crippen LogP contribution in [-0.4, -0.2) is 56.2 Å². The zero-order valence-corrected chi connectivity index (χ0v) is 22.0. The van der Waals surface area contributed by atoms with E-state index in [0.29, 0.717) is 6.04 Å². The number of halogens is 1. The van der Waals surface area contributed by atoms with Gasteiger partial charge in [-0.3, -0.25) is 9.89 Å². The van der Waals surface area contributed by atoms with Crippen molar-refractivity contribution in [1.29, 1.82) is 0 Å². The van der Waals surface area contributed by atoms with Gasteiger partial charge in [-0.05, 0) is 69.8 Å². The molecule has 1 aromatic heterocycles. The Labute approximate surface area is 207 Å². The lowest BCUT2D eigenvalue weighted by Crippen LogP contribution is -2.43. The van der Waals surface area contributed by atoms with Crippen molar-refractivity contribution in [1.82, 2.24) is 20.5 Å². The number of aryl methyl sites for hydroxylation is 2. The molecule has 0 amide bonds. The highest BCUT2D eigenvalue weighted by Gasteiger charge is 2.24. The zero-order chi connectivity index (χ0) is 21.2. The molecule has 6 nitrogen and oxygen atoms in total. The lowest BCUT2D eigenvalue weighted by molar-refractivity contribution is 0.245. The van der Waals surface area contributed by atoms with Crippen LogP contribution in [0.15, 0.2) is 34.6 Å². The van der Waals surface area contributed by atoms with E-state index in [4.69, 9.17) is 4.74 Å². The Balaban J connectivity index is 0.00000341. The number of benzene rings is 1. The van der Waals surface area contributed by atoms with E-state index in [0.717, 1.165) is 62.8 Å². The van der Waals surface area contributed by atoms with Crippen LogP contribution in [0.3, 0.4) is 0 Å². The van der Waals surface area contributed by atoms with Gasteiger partial charge in [0.2, 0.25) is 0 Å². The highest BCUT2D eigenvalue weighted by molar-refractivity contribution is 14.0. The molecule has 2 N–H and O–H groups in total. The second-order valence-corrected chi connectivity index (χ2v) is 8.70. The second kappa shape index (κ2) is 13.9. The Morgan fingerprint density at radius 1 is 1.26 bits per heavy atom. The standard InChI is InChI=1S/C23H35N5OS.HI/c1-18-17-30-22(27-18)11-4-5-12-25-23(24-2)26-16-21(28-13-6-7-14-28)19-9-8-10-20(15-19)29-3;/h8-10,15,17,21H,4-7,11-14,16H2,1-3H3,(H2,24,25,26);1H. The molecular weight excluding hydrogens is 521 g/mol. The molecular formula is C23H36IN5OS. The van der Waals surface area contributed by atoms with E-state index in [1.807, 2.05) is 13.1 Å². The normalized spacial score (nSPS) is 15.4. The lowest BCUT2D eigenvalue weighted by atomic mass is 10.1. The molecule has 1 aliphatic rings. The van der Waals surface area contributed by atoms with Gasteiger partial charge < -0.3 is 15.4 Å². The fraction of sp³-hybridized carbons (Fsp3) is 0.565. The molecule has 0 saturated carbocycles. The number of nitrogens with zero attached hydrogens (tertiary/aromatic N) is 3. The number of ether oxygens (including phenoxy) is 1. The zero-order valence-electron chi connectivity index (χ0n) is 18.9. The third kappa shape index (κ3) is 8.23. The Kier molecular flexibility index (Phi) is 11.6. The van der Waals surface area contributed by atoms with Crippen LogP contribution in [0.1, 0.15) is 48.0 Å². The van der Waals surface area contributed by atoms with Gasteiger partial charge in [0.25, 0.3) is 0 Å². The van der Waals surface area contributed by atoms with Crippen molar-refractivity contribution in [2.24, 2.45) is 4.99 Å². The second-order valence-electron chi connectivity index (χ2n) is 7.76. The molecule has 2 heterocycles. The summed E-state index contributed by atoms with van der Waals surface area (Å²) in [5.74, 6) is 1.78. The molecule has 8 heteroatoms. The van der Waals surface area contributed by atoms with Crippen LogP contribution in [-0.2, 0) is 6.42 Å². The number of aromatic nitrogens is 1. The van der Waals surface area contributed by atoms with Crippen LogP contribution < -0.4 is 15.4 Å². The van der Waals surface area contributed by atoms with Crippen molar-refractivity contribution in [2.45, 2.75) is 45.1 Å². The maximum absolute atomic E-state index is 5.45. The highest BCUT2D eigenvalue weighted by atomic mass is 127. The van der Waals surface area contributed by atoms with E-state index in [9.17, 15) is 0 Å². The first-order valence-corrected chi connectivity index (χ1v) is 11.8. The monoisotopic (exact) mass is 557 g/mol. The van der Waals surface area contributed by atoms with Crippen LogP contribution >= 0.6 is 35.3 Å². The summed E-state index contributed by atoms with van der Waals surface area (Å²) in [6.07, 6.45) is 5.83. The molecule has 1 saturated heterocycles. The third-order valence-corrected chi connectivity index (χ3v) is 6.55. The van der Waals surface area contributed by atoms with E-state index < -0.39 is 0 Å². The molecule has 1 unspecified atom stereocenters. The van der Waals surface area contributed by atoms with Crippen LogP contribution in [0, 0.1) is 6.92 Å². The van der Waals surface area contributed by atoms with Crippen LogP contribution in [0.2, 0.25) is 0 Å². The molecule has 0 radical (unpaired) electrons. The van der Waals surface area contributed by atoms with Gasteiger partial charge in [0, 0.05) is 31.2 Å². The topological polar surface area (TPSA) is 61.8 Å². The number of nitrogens with one attached hydrogen (secondary N) is 2. The molecule has 1 fully saturated rings. The lowest BCUT2D eigenvalue weighted by Gasteiger charge is -2.29. The molecule has 3 rings (SSSR count). The molecule has 0 aliphatic carbocycles. The first kappa shape index (κ1) is 25.9. The summed E-state index contributed by atoms with van der Waals surface area (Å²) in [5.41, 5.74) is 2.42. The molecule has 2 aromatic rings. The number of guanidine groups is 1. The fourth-order valence-corrected chi connectivity index (χ4v) is 4.72. The molecule has 1 aliphatic heterocycles. The highest BCUT2D eigenvalue weighted by Crippen LogP contribution is 2.27. The summed E-state index contributed by atoms with van der Waals surface area (Å²) in [6.45, 7) is 6.08. The van der Waals surface area contributed by atoms with Crippen molar-refractivity contribution in [3.8, 4) is 5.75 Å². The number of rotatable bonds is 10. The minimum Gasteiger partial charge on any atom is -0.497 e. The molecule has 1 atom stereocenters. The summed E-state index contributed by atoms with van der Waals surface area (Å²) in [7, 11) is 3.56. The van der Waals surface area contributed by atoms with E-state index in [1.165, 1.54) is 23.4 Å². The van der Waals surface area contributed by atoms with E-state index >= 15 is 0 Å². The Morgan fingerprint density at radius 3 is 2.74 bits per heavy atom. The molecule has 0 spiro atoms. The number of aliphatic imine (C=N–C) groups is 1. The average Bonchev–Trinajstić information content (AvgIpc) is 3.44. The van der Waals surface area contributed by atoms with Gasteiger partial charge in [-0.1, -0.05) is 12.1 Å². The van der Waals surface area contributed by atoms with Gasteiger partial charge in [0.1, 0.15) is 5.75 Å². The summed E-state index contributed by atoms with van der Waals surface area (Å²) in [5, 5.41) is 10.4. The maximum Gasteiger partial charge on any atom is 0.191 e. The Morgan fingerprint density at radius 2 is 2.06 bits per heavy atom. The predicted octanol–water partition coefficient (Wildman–Crippen LogP) is 4.40. The van der Waals surface area contributed by atoms with E-state index in [1.54, 1.807) is 18.4 Å². The molecule has 1 aromatic carbocycles. The first-order valence-electron chi connectivity index (χ1n) is 10.9. The minimum atomic E-state index is 0. The largest absolute Gasteiger partial charge is 0.497 e. The molecule has 31 heavy (non-hydrogen) atoms. The van der Waals surface area contributed by atoms with Crippen molar-refractivity contribution in [3.05, 3.63) is 45.9 Å². The molecule has 0 bridgehead atoms. The number of methoxy groups -OCH3 is 1. The average molecular weight is 558 g/mol. The van der Waals surface area contributed by atoms with Crippen LogP contribution in [0.25, 0.3) is 0 Å². The van der Waals surface area contributed by atoms with Crippen LogP contribution in [0.4, 0.5) is 0 Å². The number of likely N-dealkylation sites (tertiary alicyclic amines) is 1. The number of hydrogen-bond acceptors (Lipinski definition) is 5. The van der Waals surface area contributed by atoms with Crippen molar-refractivity contribution in [3.63, 3.8) is 0 Å². The van der Waals surface area contributed by atoms with E-state index in [-0.39, 0.29) is 24.0 Å². The van der Waals surface area contributed by atoms with Gasteiger partial charge >= 0.3 is 0 Å². The smallest absolute Gasteiger partial charge is 0.191 e. The predicted molar refractivity (Wildman–Crippen MR) is 141 cm³/mol. The van der Waals surface area contributed by atoms with Gasteiger partial charge in [0.05, 0.1) is 18.2 Å². The summed E-state index contributed by atoms with van der Waals surface area (Å²) < 4.78 is 5.45. The summed E-state index contributed by atoms with van der Waals surface area (Å²) in [6, 6.07) is 8.75. The summed E-state index contributed by atoms with van der Waals surface area (Å²) >= 11 is 1.76. The number of unbranched alkanes of at least 4 members (excludes halogenated alkanes) is 1. The Bertz CT molecular complexity index is 807. The van der Waals surface area contributed by atoms with Gasteiger partial charge in [-0.2, -0.15) is 0 Å². The third-order valence-electron chi connectivity index (χ3n) is 5.52.